The number of alkyl halides is 2. The molecule has 2 nitrogen and oxygen atoms in total. The predicted molar refractivity (Wildman–Crippen MR) is 51.5 cm³/mol. The highest BCUT2D eigenvalue weighted by molar-refractivity contribution is 7.09. The van der Waals surface area contributed by atoms with Crippen molar-refractivity contribution in [3.63, 3.8) is 0 Å². The average Bonchev–Trinajstić information content (AvgIpc) is 2.71. The van der Waals surface area contributed by atoms with Crippen LogP contribution in [0.3, 0.4) is 0 Å². The number of hydrogen-bond acceptors (Lipinski definition) is 3. The molecule has 0 spiro atoms. The first kappa shape index (κ1) is 9.98. The molecule has 1 aliphatic carbocycles. The maximum atomic E-state index is 13.2. The van der Waals surface area contributed by atoms with Crippen LogP contribution in [0, 0.1) is 0 Å². The third-order valence-corrected chi connectivity index (χ3v) is 3.30. The normalized spacial score (nSPS) is 25.4. The van der Waals surface area contributed by atoms with E-state index in [-0.39, 0.29) is 6.42 Å². The molecule has 1 saturated carbocycles. The molecule has 1 unspecified atom stereocenters. The van der Waals surface area contributed by atoms with Gasteiger partial charge in [-0.3, -0.25) is 4.98 Å². The van der Waals surface area contributed by atoms with E-state index in [1.54, 1.807) is 11.7 Å². The van der Waals surface area contributed by atoms with Gasteiger partial charge in [0, 0.05) is 24.0 Å². The molecule has 0 bridgehead atoms. The van der Waals surface area contributed by atoms with Crippen LogP contribution < -0.4 is 5.32 Å². The van der Waals surface area contributed by atoms with Gasteiger partial charge in [-0.15, -0.1) is 11.3 Å². The lowest BCUT2D eigenvalue weighted by Gasteiger charge is -2.19. The number of aromatic nitrogens is 1. The first-order chi connectivity index (χ1) is 6.68. The monoisotopic (exact) mass is 218 g/mol. The molecule has 0 aromatic carbocycles. The highest BCUT2D eigenvalue weighted by Crippen LogP contribution is 2.35. The van der Waals surface area contributed by atoms with Crippen molar-refractivity contribution in [1.29, 1.82) is 0 Å². The summed E-state index contributed by atoms with van der Waals surface area (Å²) in [6.07, 6.45) is 2.93. The van der Waals surface area contributed by atoms with Crippen molar-refractivity contribution >= 4 is 11.3 Å². The van der Waals surface area contributed by atoms with Gasteiger partial charge in [0.1, 0.15) is 0 Å². The SMILES string of the molecule is FC1(F)CCCC1NCc1cncs1. The summed E-state index contributed by atoms with van der Waals surface area (Å²) in [6.45, 7) is 0.505. The Kier molecular flexibility index (Phi) is 2.78. The molecule has 1 aromatic heterocycles. The highest BCUT2D eigenvalue weighted by atomic mass is 32.1. The maximum Gasteiger partial charge on any atom is 0.263 e. The molecule has 0 amide bonds. The second kappa shape index (κ2) is 3.90. The van der Waals surface area contributed by atoms with Gasteiger partial charge < -0.3 is 5.32 Å². The molecule has 0 radical (unpaired) electrons. The zero-order valence-electron chi connectivity index (χ0n) is 7.67. The van der Waals surface area contributed by atoms with Crippen molar-refractivity contribution < 1.29 is 8.78 Å². The summed E-state index contributed by atoms with van der Waals surface area (Å²) in [7, 11) is 0. The minimum Gasteiger partial charge on any atom is -0.304 e. The predicted octanol–water partition coefficient (Wildman–Crippen LogP) is 2.42. The maximum absolute atomic E-state index is 13.2. The quantitative estimate of drug-likeness (QED) is 0.842. The third-order valence-electron chi connectivity index (χ3n) is 2.52. The zero-order valence-corrected chi connectivity index (χ0v) is 8.49. The van der Waals surface area contributed by atoms with Crippen LogP contribution >= 0.6 is 11.3 Å². The standard InChI is InChI=1S/C9H12F2N2S/c10-9(11)3-1-2-8(9)13-5-7-4-12-6-14-7/h4,6,8,13H,1-3,5H2. The Labute approximate surface area is 85.4 Å². The minimum atomic E-state index is -2.52. The zero-order chi connectivity index (χ0) is 10.0. The summed E-state index contributed by atoms with van der Waals surface area (Å²) in [5.41, 5.74) is 1.71. The van der Waals surface area contributed by atoms with Crippen LogP contribution in [0.4, 0.5) is 8.78 Å². The van der Waals surface area contributed by atoms with Gasteiger partial charge >= 0.3 is 0 Å². The fourth-order valence-electron chi connectivity index (χ4n) is 1.73. The van der Waals surface area contributed by atoms with Crippen LogP contribution in [0.25, 0.3) is 0 Å². The summed E-state index contributed by atoms with van der Waals surface area (Å²) in [5.74, 6) is -2.52. The first-order valence-corrected chi connectivity index (χ1v) is 5.55. The van der Waals surface area contributed by atoms with Crippen molar-refractivity contribution in [1.82, 2.24) is 10.3 Å². The molecule has 2 rings (SSSR count). The van der Waals surface area contributed by atoms with E-state index in [2.05, 4.69) is 10.3 Å². The summed E-state index contributed by atoms with van der Waals surface area (Å²) in [4.78, 5) is 4.90. The van der Waals surface area contributed by atoms with E-state index >= 15 is 0 Å². The van der Waals surface area contributed by atoms with Crippen molar-refractivity contribution in [3.8, 4) is 0 Å². The summed E-state index contributed by atoms with van der Waals surface area (Å²) in [5, 5.41) is 2.89. The second-order valence-corrected chi connectivity index (χ2v) is 4.53. The number of nitrogens with one attached hydrogen (secondary N) is 1. The van der Waals surface area contributed by atoms with Crippen LogP contribution in [0.5, 0.6) is 0 Å². The highest BCUT2D eigenvalue weighted by Gasteiger charge is 2.43. The first-order valence-electron chi connectivity index (χ1n) is 4.67. The van der Waals surface area contributed by atoms with E-state index < -0.39 is 12.0 Å². The Hall–Kier alpha value is -0.550. The molecule has 1 heterocycles. The summed E-state index contributed by atoms with van der Waals surface area (Å²) < 4.78 is 26.3. The fraction of sp³-hybridized carbons (Fsp3) is 0.667. The van der Waals surface area contributed by atoms with Crippen LogP contribution in [-0.2, 0) is 6.54 Å². The smallest absolute Gasteiger partial charge is 0.263 e. The number of rotatable bonds is 3. The Morgan fingerprint density at radius 1 is 1.64 bits per heavy atom. The van der Waals surface area contributed by atoms with E-state index in [1.165, 1.54) is 11.3 Å². The third kappa shape index (κ3) is 2.09. The second-order valence-electron chi connectivity index (χ2n) is 3.55. The molecule has 78 valence electrons. The molecule has 14 heavy (non-hydrogen) atoms. The summed E-state index contributed by atoms with van der Waals surface area (Å²) in [6, 6.07) is -0.649. The van der Waals surface area contributed by atoms with E-state index in [0.29, 0.717) is 19.4 Å². The van der Waals surface area contributed by atoms with Gasteiger partial charge in [0.2, 0.25) is 0 Å². The van der Waals surface area contributed by atoms with Crippen LogP contribution in [0.1, 0.15) is 24.1 Å². The lowest BCUT2D eigenvalue weighted by Crippen LogP contribution is -2.39. The molecular weight excluding hydrogens is 206 g/mol. The van der Waals surface area contributed by atoms with E-state index in [9.17, 15) is 8.78 Å². The molecular formula is C9H12F2N2S. The van der Waals surface area contributed by atoms with Gasteiger partial charge in [-0.05, 0) is 12.8 Å². The van der Waals surface area contributed by atoms with Crippen LogP contribution in [0.15, 0.2) is 11.7 Å². The minimum absolute atomic E-state index is 0.0212. The lowest BCUT2D eigenvalue weighted by atomic mass is 10.2. The number of hydrogen-bond donors (Lipinski definition) is 1. The van der Waals surface area contributed by atoms with Gasteiger partial charge in [0.15, 0.2) is 0 Å². The van der Waals surface area contributed by atoms with E-state index in [4.69, 9.17) is 0 Å². The Morgan fingerprint density at radius 2 is 2.50 bits per heavy atom. The lowest BCUT2D eigenvalue weighted by molar-refractivity contribution is -0.0182. The fourth-order valence-corrected chi connectivity index (χ4v) is 2.28. The van der Waals surface area contributed by atoms with E-state index in [0.717, 1.165) is 4.88 Å². The molecule has 1 N–H and O–H groups in total. The molecule has 1 fully saturated rings. The van der Waals surface area contributed by atoms with Gasteiger partial charge in [-0.2, -0.15) is 0 Å². The molecule has 0 aliphatic heterocycles. The topological polar surface area (TPSA) is 24.9 Å². The van der Waals surface area contributed by atoms with Crippen molar-refractivity contribution in [2.75, 3.05) is 0 Å². The Morgan fingerprint density at radius 3 is 3.07 bits per heavy atom. The Bertz CT molecular complexity index is 287. The van der Waals surface area contributed by atoms with E-state index in [1.807, 2.05) is 0 Å². The largest absolute Gasteiger partial charge is 0.304 e. The van der Waals surface area contributed by atoms with Crippen molar-refractivity contribution in [2.24, 2.45) is 0 Å². The molecule has 1 aliphatic rings. The average molecular weight is 218 g/mol. The number of nitrogens with zero attached hydrogens (tertiary/aromatic N) is 1. The molecule has 0 saturated heterocycles. The number of thiazole rings is 1. The van der Waals surface area contributed by atoms with Gasteiger partial charge in [0.25, 0.3) is 5.92 Å². The molecule has 1 atom stereocenters. The van der Waals surface area contributed by atoms with Gasteiger partial charge in [0.05, 0.1) is 11.6 Å². The Balaban J connectivity index is 1.86. The van der Waals surface area contributed by atoms with Gasteiger partial charge in [-0.25, -0.2) is 8.78 Å². The molecule has 5 heteroatoms. The van der Waals surface area contributed by atoms with Gasteiger partial charge in [-0.1, -0.05) is 0 Å². The number of halogens is 2. The van der Waals surface area contributed by atoms with Crippen molar-refractivity contribution in [2.45, 2.75) is 37.8 Å². The van der Waals surface area contributed by atoms with Crippen LogP contribution in [0.2, 0.25) is 0 Å². The van der Waals surface area contributed by atoms with Crippen LogP contribution in [-0.4, -0.2) is 16.9 Å². The molecule has 1 aromatic rings. The van der Waals surface area contributed by atoms with Crippen molar-refractivity contribution in [3.05, 3.63) is 16.6 Å². The summed E-state index contributed by atoms with van der Waals surface area (Å²) >= 11 is 1.49.